The first-order chi connectivity index (χ1) is 8.82. The standard InChI is InChI=1S/C16H16O3/c1-10(17)11-4-5-13-9-14(7-6-12(13)8-11)16(2,3)15(18)19/h4-9H,1-3H3,(H,18,19). The molecule has 0 radical (unpaired) electrons. The van der Waals surface area contributed by atoms with Crippen LogP contribution >= 0.6 is 0 Å². The molecule has 0 aliphatic heterocycles. The van der Waals surface area contributed by atoms with E-state index in [0.717, 1.165) is 16.3 Å². The van der Waals surface area contributed by atoms with Gasteiger partial charge in [-0.05, 0) is 43.2 Å². The molecule has 2 rings (SSSR count). The van der Waals surface area contributed by atoms with E-state index in [-0.39, 0.29) is 5.78 Å². The van der Waals surface area contributed by atoms with Gasteiger partial charge in [-0.3, -0.25) is 9.59 Å². The summed E-state index contributed by atoms with van der Waals surface area (Å²) in [5.74, 6) is -0.830. The molecular weight excluding hydrogens is 240 g/mol. The number of carbonyl (C=O) groups is 2. The monoisotopic (exact) mass is 256 g/mol. The number of carboxylic acid groups (broad SMARTS) is 1. The van der Waals surface area contributed by atoms with Gasteiger partial charge in [0.15, 0.2) is 5.78 Å². The van der Waals surface area contributed by atoms with E-state index in [4.69, 9.17) is 0 Å². The lowest BCUT2D eigenvalue weighted by molar-refractivity contribution is -0.142. The van der Waals surface area contributed by atoms with Crippen LogP contribution in [0.3, 0.4) is 0 Å². The molecule has 0 saturated carbocycles. The average Bonchev–Trinajstić information content (AvgIpc) is 2.37. The summed E-state index contributed by atoms with van der Waals surface area (Å²) in [4.78, 5) is 22.6. The number of benzene rings is 2. The van der Waals surface area contributed by atoms with Crippen molar-refractivity contribution in [1.29, 1.82) is 0 Å². The third-order valence-electron chi connectivity index (χ3n) is 3.50. The Balaban J connectivity index is 2.57. The number of aliphatic carboxylic acids is 1. The summed E-state index contributed by atoms with van der Waals surface area (Å²) >= 11 is 0. The second-order valence-corrected chi connectivity index (χ2v) is 5.26. The molecule has 0 atom stereocenters. The molecule has 0 spiro atoms. The number of ketones is 1. The van der Waals surface area contributed by atoms with Gasteiger partial charge in [0.2, 0.25) is 0 Å². The van der Waals surface area contributed by atoms with Crippen molar-refractivity contribution in [3.8, 4) is 0 Å². The first-order valence-electron chi connectivity index (χ1n) is 6.11. The summed E-state index contributed by atoms with van der Waals surface area (Å²) in [7, 11) is 0. The average molecular weight is 256 g/mol. The van der Waals surface area contributed by atoms with Gasteiger partial charge in [0.1, 0.15) is 0 Å². The van der Waals surface area contributed by atoms with Gasteiger partial charge >= 0.3 is 5.97 Å². The summed E-state index contributed by atoms with van der Waals surface area (Å²) in [5, 5.41) is 11.1. The Hall–Kier alpha value is -2.16. The van der Waals surface area contributed by atoms with Crippen molar-refractivity contribution in [3.63, 3.8) is 0 Å². The molecule has 2 aromatic rings. The van der Waals surface area contributed by atoms with Crippen molar-refractivity contribution in [2.24, 2.45) is 0 Å². The van der Waals surface area contributed by atoms with E-state index in [2.05, 4.69) is 0 Å². The number of rotatable bonds is 3. The highest BCUT2D eigenvalue weighted by atomic mass is 16.4. The van der Waals surface area contributed by atoms with Gasteiger partial charge in [-0.2, -0.15) is 0 Å². The fraction of sp³-hybridized carbons (Fsp3) is 0.250. The van der Waals surface area contributed by atoms with E-state index in [0.29, 0.717) is 5.56 Å². The first kappa shape index (κ1) is 13.3. The van der Waals surface area contributed by atoms with Gasteiger partial charge in [-0.15, -0.1) is 0 Å². The highest BCUT2D eigenvalue weighted by Gasteiger charge is 2.29. The zero-order valence-corrected chi connectivity index (χ0v) is 11.2. The lowest BCUT2D eigenvalue weighted by Gasteiger charge is -2.20. The maximum atomic E-state index is 11.3. The number of carboxylic acids is 1. The van der Waals surface area contributed by atoms with E-state index in [9.17, 15) is 14.7 Å². The van der Waals surface area contributed by atoms with Crippen LogP contribution in [0.4, 0.5) is 0 Å². The Kier molecular flexibility index (Phi) is 3.14. The fourth-order valence-corrected chi connectivity index (χ4v) is 1.98. The molecular formula is C16H16O3. The summed E-state index contributed by atoms with van der Waals surface area (Å²) in [6.45, 7) is 4.89. The normalized spacial score (nSPS) is 11.5. The Morgan fingerprint density at radius 3 is 2.16 bits per heavy atom. The number of fused-ring (bicyclic) bond motifs is 1. The number of hydrogen-bond donors (Lipinski definition) is 1. The zero-order chi connectivity index (χ0) is 14.2. The van der Waals surface area contributed by atoms with Crippen LogP contribution in [0.1, 0.15) is 36.7 Å². The minimum Gasteiger partial charge on any atom is -0.481 e. The molecule has 19 heavy (non-hydrogen) atoms. The van der Waals surface area contributed by atoms with Gasteiger partial charge in [0.05, 0.1) is 5.41 Å². The van der Waals surface area contributed by atoms with Gasteiger partial charge in [-0.25, -0.2) is 0 Å². The molecule has 0 fully saturated rings. The molecule has 3 nitrogen and oxygen atoms in total. The van der Waals surface area contributed by atoms with Gasteiger partial charge in [-0.1, -0.05) is 30.3 Å². The molecule has 98 valence electrons. The molecule has 0 heterocycles. The van der Waals surface area contributed by atoms with Gasteiger partial charge in [0, 0.05) is 5.56 Å². The maximum Gasteiger partial charge on any atom is 0.313 e. The summed E-state index contributed by atoms with van der Waals surface area (Å²) in [6.07, 6.45) is 0. The Morgan fingerprint density at radius 2 is 1.58 bits per heavy atom. The van der Waals surface area contributed by atoms with Crippen molar-refractivity contribution < 1.29 is 14.7 Å². The van der Waals surface area contributed by atoms with Crippen LogP contribution in [0, 0.1) is 0 Å². The Morgan fingerprint density at radius 1 is 1.00 bits per heavy atom. The Bertz CT molecular complexity index is 669. The van der Waals surface area contributed by atoms with Crippen LogP contribution in [0.2, 0.25) is 0 Å². The molecule has 0 aliphatic carbocycles. The lowest BCUT2D eigenvalue weighted by Crippen LogP contribution is -2.28. The van der Waals surface area contributed by atoms with E-state index in [1.165, 1.54) is 6.92 Å². The van der Waals surface area contributed by atoms with Crippen LogP contribution in [0.25, 0.3) is 10.8 Å². The molecule has 0 bridgehead atoms. The van der Waals surface area contributed by atoms with Crippen molar-refractivity contribution in [2.75, 3.05) is 0 Å². The molecule has 0 amide bonds. The molecule has 0 aliphatic rings. The molecule has 2 aromatic carbocycles. The van der Waals surface area contributed by atoms with E-state index >= 15 is 0 Å². The smallest absolute Gasteiger partial charge is 0.313 e. The molecule has 1 N–H and O–H groups in total. The predicted octanol–water partition coefficient (Wildman–Crippen LogP) is 3.40. The van der Waals surface area contributed by atoms with Crippen molar-refractivity contribution in [1.82, 2.24) is 0 Å². The number of carbonyl (C=O) groups excluding carboxylic acids is 1. The first-order valence-corrected chi connectivity index (χ1v) is 6.11. The van der Waals surface area contributed by atoms with Crippen LogP contribution in [-0.2, 0) is 10.2 Å². The van der Waals surface area contributed by atoms with Crippen LogP contribution in [0.15, 0.2) is 36.4 Å². The maximum absolute atomic E-state index is 11.3. The summed E-state index contributed by atoms with van der Waals surface area (Å²) in [5.41, 5.74) is 0.494. The topological polar surface area (TPSA) is 54.4 Å². The molecule has 0 unspecified atom stereocenters. The largest absolute Gasteiger partial charge is 0.481 e. The lowest BCUT2D eigenvalue weighted by atomic mass is 9.83. The summed E-state index contributed by atoms with van der Waals surface area (Å²) in [6, 6.07) is 11.0. The number of Topliss-reactive ketones (excluding diaryl/α,β-unsaturated/α-hetero) is 1. The highest BCUT2D eigenvalue weighted by molar-refractivity contribution is 5.98. The van der Waals surface area contributed by atoms with Crippen molar-refractivity contribution in [3.05, 3.63) is 47.5 Å². The molecule has 3 heteroatoms. The van der Waals surface area contributed by atoms with Crippen LogP contribution < -0.4 is 0 Å². The zero-order valence-electron chi connectivity index (χ0n) is 11.2. The minimum atomic E-state index is -0.923. The molecule has 0 aromatic heterocycles. The SMILES string of the molecule is CC(=O)c1ccc2cc(C(C)(C)C(=O)O)ccc2c1. The van der Waals surface area contributed by atoms with Crippen molar-refractivity contribution >= 4 is 22.5 Å². The third kappa shape index (κ3) is 2.36. The second kappa shape index (κ2) is 4.50. The van der Waals surface area contributed by atoms with Gasteiger partial charge < -0.3 is 5.11 Å². The third-order valence-corrected chi connectivity index (χ3v) is 3.50. The quantitative estimate of drug-likeness (QED) is 0.856. The van der Waals surface area contributed by atoms with E-state index in [1.54, 1.807) is 26.0 Å². The second-order valence-electron chi connectivity index (χ2n) is 5.26. The van der Waals surface area contributed by atoms with Crippen molar-refractivity contribution in [2.45, 2.75) is 26.2 Å². The van der Waals surface area contributed by atoms with E-state index < -0.39 is 11.4 Å². The van der Waals surface area contributed by atoms with Crippen LogP contribution in [-0.4, -0.2) is 16.9 Å². The summed E-state index contributed by atoms with van der Waals surface area (Å²) < 4.78 is 0. The fourth-order valence-electron chi connectivity index (χ4n) is 1.98. The van der Waals surface area contributed by atoms with Crippen LogP contribution in [0.5, 0.6) is 0 Å². The highest BCUT2D eigenvalue weighted by Crippen LogP contribution is 2.27. The van der Waals surface area contributed by atoms with Gasteiger partial charge in [0.25, 0.3) is 0 Å². The Labute approximate surface area is 111 Å². The minimum absolute atomic E-state index is 0.0249. The predicted molar refractivity (Wildman–Crippen MR) is 74.6 cm³/mol. The molecule has 0 saturated heterocycles. The van der Waals surface area contributed by atoms with E-state index in [1.807, 2.05) is 24.3 Å². The number of hydrogen-bond acceptors (Lipinski definition) is 2.